The molecule has 0 aliphatic carbocycles. The van der Waals surface area contributed by atoms with Gasteiger partial charge in [0.05, 0.1) is 23.5 Å². The molecule has 154 valence electrons. The number of amides is 1. The molecule has 0 spiro atoms. The predicted octanol–water partition coefficient (Wildman–Crippen LogP) is 4.79. The zero-order chi connectivity index (χ0) is 21.3. The third-order valence-electron chi connectivity index (χ3n) is 5.00. The molecule has 30 heavy (non-hydrogen) atoms. The van der Waals surface area contributed by atoms with Crippen LogP contribution < -0.4 is 5.32 Å². The van der Waals surface area contributed by atoms with Crippen LogP contribution in [-0.4, -0.2) is 25.7 Å². The fraction of sp³-hybridized carbons (Fsp3) is 0.273. The van der Waals surface area contributed by atoms with Crippen LogP contribution in [0.4, 0.5) is 5.13 Å². The van der Waals surface area contributed by atoms with Gasteiger partial charge in [0.25, 0.3) is 0 Å². The van der Waals surface area contributed by atoms with E-state index in [9.17, 15) is 4.79 Å². The van der Waals surface area contributed by atoms with Gasteiger partial charge in [0.2, 0.25) is 11.0 Å². The van der Waals surface area contributed by atoms with Crippen LogP contribution in [0.2, 0.25) is 0 Å². The van der Waals surface area contributed by atoms with E-state index >= 15 is 0 Å². The number of aromatic nitrogens is 4. The summed E-state index contributed by atoms with van der Waals surface area (Å²) < 4.78 is 1.88. The summed E-state index contributed by atoms with van der Waals surface area (Å²) in [4.78, 5) is 22.5. The predicted molar refractivity (Wildman–Crippen MR) is 122 cm³/mol. The Balaban J connectivity index is 1.48. The van der Waals surface area contributed by atoms with Crippen molar-refractivity contribution in [3.8, 4) is 5.13 Å². The van der Waals surface area contributed by atoms with Crippen molar-refractivity contribution in [1.82, 2.24) is 19.7 Å². The Kier molecular flexibility index (Phi) is 5.78. The molecule has 0 atom stereocenters. The Bertz CT molecular complexity index is 1170. The van der Waals surface area contributed by atoms with Crippen molar-refractivity contribution in [2.45, 2.75) is 40.5 Å². The van der Waals surface area contributed by atoms with Crippen LogP contribution in [0.3, 0.4) is 0 Å². The van der Waals surface area contributed by atoms with Crippen LogP contribution in [0.5, 0.6) is 0 Å². The van der Waals surface area contributed by atoms with E-state index in [1.54, 1.807) is 0 Å². The largest absolute Gasteiger partial charge is 0.302 e. The molecule has 4 rings (SSSR count). The second-order valence-electron chi connectivity index (χ2n) is 7.23. The van der Waals surface area contributed by atoms with Gasteiger partial charge in [0, 0.05) is 27.9 Å². The molecule has 3 aromatic heterocycles. The highest BCUT2D eigenvalue weighted by Crippen LogP contribution is 2.24. The number of carbonyl (C=O) groups is 1. The highest BCUT2D eigenvalue weighted by molar-refractivity contribution is 7.15. The third-order valence-corrected chi connectivity index (χ3v) is 6.86. The first kappa shape index (κ1) is 20.4. The van der Waals surface area contributed by atoms with Gasteiger partial charge in [-0.3, -0.25) is 4.79 Å². The van der Waals surface area contributed by atoms with Crippen LogP contribution in [0.25, 0.3) is 5.13 Å². The normalized spacial score (nSPS) is 11.1. The number of nitrogens with zero attached hydrogens (tertiary/aromatic N) is 4. The smallest absolute Gasteiger partial charge is 0.232 e. The zero-order valence-corrected chi connectivity index (χ0v) is 19.0. The Morgan fingerprint density at radius 1 is 1.07 bits per heavy atom. The first-order chi connectivity index (χ1) is 14.4. The molecule has 0 bridgehead atoms. The van der Waals surface area contributed by atoms with Gasteiger partial charge in [-0.25, -0.2) is 14.6 Å². The Morgan fingerprint density at radius 3 is 2.53 bits per heavy atom. The van der Waals surface area contributed by atoms with Crippen LogP contribution in [0.1, 0.15) is 38.8 Å². The summed E-state index contributed by atoms with van der Waals surface area (Å²) in [5, 5.41) is 10.9. The van der Waals surface area contributed by atoms with Gasteiger partial charge in [-0.05, 0) is 33.3 Å². The molecule has 1 aromatic carbocycles. The highest BCUT2D eigenvalue weighted by Gasteiger charge is 2.17. The number of rotatable bonds is 6. The van der Waals surface area contributed by atoms with E-state index in [0.29, 0.717) is 5.13 Å². The second-order valence-corrected chi connectivity index (χ2v) is 9.27. The van der Waals surface area contributed by atoms with Gasteiger partial charge in [-0.15, -0.1) is 22.7 Å². The number of thiazole rings is 2. The van der Waals surface area contributed by atoms with E-state index in [4.69, 9.17) is 5.10 Å². The van der Waals surface area contributed by atoms with E-state index in [0.717, 1.165) is 39.2 Å². The highest BCUT2D eigenvalue weighted by atomic mass is 32.1. The summed E-state index contributed by atoms with van der Waals surface area (Å²) in [5.41, 5.74) is 6.23. The lowest BCUT2D eigenvalue weighted by atomic mass is 10.0. The first-order valence-corrected chi connectivity index (χ1v) is 11.4. The summed E-state index contributed by atoms with van der Waals surface area (Å²) in [6.07, 6.45) is 1.05. The summed E-state index contributed by atoms with van der Waals surface area (Å²) in [5.74, 6) is -0.112. The van der Waals surface area contributed by atoms with E-state index < -0.39 is 0 Å². The molecule has 6 nitrogen and oxygen atoms in total. The van der Waals surface area contributed by atoms with Crippen molar-refractivity contribution in [3.63, 3.8) is 0 Å². The summed E-state index contributed by atoms with van der Waals surface area (Å²) >= 11 is 2.98. The maximum Gasteiger partial charge on any atom is 0.232 e. The summed E-state index contributed by atoms with van der Waals surface area (Å²) in [7, 11) is 0. The Morgan fingerprint density at radius 2 is 1.83 bits per heavy atom. The molecule has 1 amide bonds. The summed E-state index contributed by atoms with van der Waals surface area (Å²) in [6.45, 7) is 8.03. The summed E-state index contributed by atoms with van der Waals surface area (Å²) in [6, 6.07) is 10.4. The van der Waals surface area contributed by atoms with Gasteiger partial charge in [0.1, 0.15) is 0 Å². The monoisotopic (exact) mass is 437 g/mol. The minimum atomic E-state index is -0.112. The van der Waals surface area contributed by atoms with Crippen LogP contribution in [0.15, 0.2) is 35.7 Å². The number of hydrogen-bond acceptors (Lipinski definition) is 6. The van der Waals surface area contributed by atoms with Crippen LogP contribution in [-0.2, 0) is 17.6 Å². The number of anilines is 1. The molecule has 3 heterocycles. The zero-order valence-electron chi connectivity index (χ0n) is 17.4. The molecular formula is C22H23N5OS2. The molecule has 0 saturated heterocycles. The maximum absolute atomic E-state index is 12.4. The number of nitrogens with one attached hydrogen (secondary N) is 1. The fourth-order valence-electron chi connectivity index (χ4n) is 3.25. The molecule has 0 aliphatic heterocycles. The van der Waals surface area contributed by atoms with Gasteiger partial charge in [-0.1, -0.05) is 30.3 Å². The molecule has 8 heteroatoms. The van der Waals surface area contributed by atoms with E-state index in [-0.39, 0.29) is 12.3 Å². The molecule has 0 fully saturated rings. The standard InChI is InChI=1S/C22H23N5OS2/c1-13-16(4)30-21(23-13)25-20(28)11-18-12-29-22(24-18)27-15(3)19(14(2)26-27)10-17-8-6-5-7-9-17/h5-9,12H,10-11H2,1-4H3,(H,23,25,28). The quantitative estimate of drug-likeness (QED) is 0.471. The van der Waals surface area contributed by atoms with Gasteiger partial charge >= 0.3 is 0 Å². The van der Waals surface area contributed by atoms with E-state index in [1.807, 2.05) is 36.9 Å². The van der Waals surface area contributed by atoms with Crippen molar-refractivity contribution in [2.24, 2.45) is 0 Å². The van der Waals surface area contributed by atoms with Crippen LogP contribution in [0, 0.1) is 27.7 Å². The average molecular weight is 438 g/mol. The molecule has 4 aromatic rings. The average Bonchev–Trinajstić information content (AvgIpc) is 3.37. The third kappa shape index (κ3) is 4.34. The minimum absolute atomic E-state index is 0.112. The van der Waals surface area contributed by atoms with Gasteiger partial charge in [-0.2, -0.15) is 5.10 Å². The number of benzene rings is 1. The lowest BCUT2D eigenvalue weighted by Gasteiger charge is -2.03. The number of hydrogen-bond donors (Lipinski definition) is 1. The van der Waals surface area contributed by atoms with Crippen molar-refractivity contribution in [3.05, 3.63) is 74.5 Å². The van der Waals surface area contributed by atoms with Crippen molar-refractivity contribution in [2.75, 3.05) is 5.32 Å². The molecule has 0 radical (unpaired) electrons. The molecule has 0 saturated carbocycles. The minimum Gasteiger partial charge on any atom is -0.302 e. The number of aryl methyl sites for hydroxylation is 3. The van der Waals surface area contributed by atoms with E-state index in [1.165, 1.54) is 33.8 Å². The SMILES string of the molecule is Cc1nc(NC(=O)Cc2csc(-n3nc(C)c(Cc4ccccc4)c3C)n2)sc1C. The molecule has 0 unspecified atom stereocenters. The van der Waals surface area contributed by atoms with Crippen LogP contribution >= 0.6 is 22.7 Å². The van der Waals surface area contributed by atoms with Gasteiger partial charge in [0.15, 0.2) is 5.13 Å². The molecular weight excluding hydrogens is 414 g/mol. The molecule has 0 aliphatic rings. The fourth-order valence-corrected chi connectivity index (χ4v) is 4.90. The second kappa shape index (κ2) is 8.49. The first-order valence-electron chi connectivity index (χ1n) is 9.68. The lowest BCUT2D eigenvalue weighted by Crippen LogP contribution is -2.14. The van der Waals surface area contributed by atoms with Crippen molar-refractivity contribution >= 4 is 33.7 Å². The van der Waals surface area contributed by atoms with Gasteiger partial charge < -0.3 is 5.32 Å². The molecule has 1 N–H and O–H groups in total. The number of carbonyl (C=O) groups excluding carboxylic acids is 1. The Labute approximate surface area is 183 Å². The maximum atomic E-state index is 12.4. The van der Waals surface area contributed by atoms with E-state index in [2.05, 4.69) is 46.5 Å². The van der Waals surface area contributed by atoms with Crippen molar-refractivity contribution in [1.29, 1.82) is 0 Å². The Hall–Kier alpha value is -2.84. The lowest BCUT2D eigenvalue weighted by molar-refractivity contribution is -0.115. The van der Waals surface area contributed by atoms with Crippen molar-refractivity contribution < 1.29 is 4.79 Å². The topological polar surface area (TPSA) is 72.7 Å².